The summed E-state index contributed by atoms with van der Waals surface area (Å²) in [5.41, 5.74) is 1.12. The van der Waals surface area contributed by atoms with E-state index in [9.17, 15) is 9.18 Å². The molecule has 1 aliphatic carbocycles. The normalized spacial score (nSPS) is 25.0. The summed E-state index contributed by atoms with van der Waals surface area (Å²) in [4.78, 5) is 16.8. The molecule has 4 rings (SSSR count). The maximum absolute atomic E-state index is 15.1. The number of hydrogen-bond donors (Lipinski definition) is 0. The van der Waals surface area contributed by atoms with Crippen LogP contribution in [0.3, 0.4) is 0 Å². The molecule has 2 atom stereocenters. The number of piperazine rings is 1. The molecule has 6 heteroatoms. The zero-order chi connectivity index (χ0) is 19.9. The van der Waals surface area contributed by atoms with Crippen LogP contribution in [0.15, 0.2) is 42.5 Å². The number of carbonyl (C=O) groups is 1. The standard InChI is InChI=1S/C22H23ClF2N2O/c1-15-2-5-18(23)12-16(15)14-26-8-10-27(11-9-26)21(28)20-13-22(20,25)17-3-6-19(24)7-4-17/h2-7,12,20H,8-11,13-14H2,1H3/t20-,22-/m1/s1. The fraction of sp³-hybridized carbons (Fsp3) is 0.409. The molecule has 2 aromatic carbocycles. The average Bonchev–Trinajstić information content (AvgIpc) is 3.38. The number of nitrogens with zero attached hydrogens (tertiary/aromatic N) is 2. The van der Waals surface area contributed by atoms with Crippen molar-refractivity contribution in [2.75, 3.05) is 26.2 Å². The first kappa shape index (κ1) is 19.3. The molecule has 0 N–H and O–H groups in total. The van der Waals surface area contributed by atoms with Crippen molar-refractivity contribution in [1.82, 2.24) is 9.80 Å². The van der Waals surface area contributed by atoms with Crippen molar-refractivity contribution in [1.29, 1.82) is 0 Å². The van der Waals surface area contributed by atoms with Crippen LogP contribution in [0.4, 0.5) is 8.78 Å². The Bertz CT molecular complexity index is 881. The van der Waals surface area contributed by atoms with Gasteiger partial charge in [-0.05, 0) is 47.9 Å². The monoisotopic (exact) mass is 404 g/mol. The Morgan fingerprint density at radius 1 is 1.14 bits per heavy atom. The van der Waals surface area contributed by atoms with Crippen molar-refractivity contribution in [3.05, 3.63) is 70.0 Å². The van der Waals surface area contributed by atoms with Crippen molar-refractivity contribution in [3.8, 4) is 0 Å². The van der Waals surface area contributed by atoms with Gasteiger partial charge in [-0.15, -0.1) is 0 Å². The first-order chi connectivity index (χ1) is 13.4. The highest BCUT2D eigenvalue weighted by Gasteiger charge is 2.61. The number of benzene rings is 2. The number of alkyl halides is 1. The molecule has 2 aliphatic rings. The molecule has 28 heavy (non-hydrogen) atoms. The highest BCUT2D eigenvalue weighted by atomic mass is 35.5. The second kappa shape index (κ2) is 7.45. The second-order valence-electron chi connectivity index (χ2n) is 7.80. The molecular weight excluding hydrogens is 382 g/mol. The Labute approximate surface area is 168 Å². The topological polar surface area (TPSA) is 23.6 Å². The highest BCUT2D eigenvalue weighted by Crippen LogP contribution is 2.56. The molecule has 1 heterocycles. The van der Waals surface area contributed by atoms with Gasteiger partial charge < -0.3 is 4.90 Å². The quantitative estimate of drug-likeness (QED) is 0.757. The van der Waals surface area contributed by atoms with Gasteiger partial charge in [0.05, 0.1) is 5.92 Å². The Morgan fingerprint density at radius 2 is 1.82 bits per heavy atom. The Morgan fingerprint density at radius 3 is 2.50 bits per heavy atom. The summed E-state index contributed by atoms with van der Waals surface area (Å²) in [6.07, 6.45) is 0.180. The van der Waals surface area contributed by atoms with Gasteiger partial charge in [-0.25, -0.2) is 8.78 Å². The number of aryl methyl sites for hydroxylation is 1. The van der Waals surface area contributed by atoms with Crippen LogP contribution in [0, 0.1) is 18.7 Å². The van der Waals surface area contributed by atoms with Gasteiger partial charge in [0.1, 0.15) is 11.5 Å². The summed E-state index contributed by atoms with van der Waals surface area (Å²) in [5.74, 6) is -1.19. The van der Waals surface area contributed by atoms with Crippen LogP contribution in [0.1, 0.15) is 23.1 Å². The second-order valence-corrected chi connectivity index (χ2v) is 8.23. The molecule has 1 saturated heterocycles. The van der Waals surface area contributed by atoms with E-state index < -0.39 is 17.4 Å². The smallest absolute Gasteiger partial charge is 0.229 e. The van der Waals surface area contributed by atoms with E-state index in [1.54, 1.807) is 4.90 Å². The van der Waals surface area contributed by atoms with Crippen molar-refractivity contribution < 1.29 is 13.6 Å². The third-order valence-corrected chi connectivity index (χ3v) is 6.14. The maximum Gasteiger partial charge on any atom is 0.229 e. The van der Waals surface area contributed by atoms with E-state index in [-0.39, 0.29) is 12.3 Å². The minimum absolute atomic E-state index is 0.134. The molecule has 148 valence electrons. The summed E-state index contributed by atoms with van der Waals surface area (Å²) in [7, 11) is 0. The number of rotatable bonds is 4. The molecule has 2 aromatic rings. The Balaban J connectivity index is 1.33. The number of hydrogen-bond acceptors (Lipinski definition) is 2. The van der Waals surface area contributed by atoms with E-state index in [2.05, 4.69) is 11.8 Å². The molecule has 1 saturated carbocycles. The zero-order valence-electron chi connectivity index (χ0n) is 15.8. The van der Waals surface area contributed by atoms with Crippen LogP contribution in [-0.2, 0) is 17.0 Å². The van der Waals surface area contributed by atoms with Gasteiger partial charge in [0.25, 0.3) is 0 Å². The first-order valence-electron chi connectivity index (χ1n) is 9.58. The van der Waals surface area contributed by atoms with Crippen molar-refractivity contribution in [3.63, 3.8) is 0 Å². The molecule has 2 fully saturated rings. The lowest BCUT2D eigenvalue weighted by molar-refractivity contribution is -0.135. The molecule has 0 aromatic heterocycles. The van der Waals surface area contributed by atoms with E-state index in [1.807, 2.05) is 18.2 Å². The minimum Gasteiger partial charge on any atom is -0.340 e. The zero-order valence-corrected chi connectivity index (χ0v) is 16.6. The van der Waals surface area contributed by atoms with Crippen molar-refractivity contribution >= 4 is 17.5 Å². The lowest BCUT2D eigenvalue weighted by Crippen LogP contribution is -2.49. The maximum atomic E-state index is 15.1. The van der Waals surface area contributed by atoms with E-state index in [0.29, 0.717) is 18.7 Å². The summed E-state index contributed by atoms with van der Waals surface area (Å²) >= 11 is 6.10. The number of carbonyl (C=O) groups excluding carboxylic acids is 1. The van der Waals surface area contributed by atoms with Crippen LogP contribution in [-0.4, -0.2) is 41.9 Å². The Hall–Kier alpha value is -1.98. The van der Waals surface area contributed by atoms with Gasteiger partial charge in [-0.3, -0.25) is 9.69 Å². The van der Waals surface area contributed by atoms with Crippen LogP contribution >= 0.6 is 11.6 Å². The van der Waals surface area contributed by atoms with Gasteiger partial charge in [-0.1, -0.05) is 29.8 Å². The van der Waals surface area contributed by atoms with Crippen LogP contribution in [0.2, 0.25) is 5.02 Å². The molecule has 3 nitrogen and oxygen atoms in total. The highest BCUT2D eigenvalue weighted by molar-refractivity contribution is 6.30. The van der Waals surface area contributed by atoms with E-state index in [4.69, 9.17) is 11.6 Å². The van der Waals surface area contributed by atoms with Gasteiger partial charge in [0.15, 0.2) is 0 Å². The minimum atomic E-state index is -1.65. The summed E-state index contributed by atoms with van der Waals surface area (Å²) in [5, 5.41) is 0.725. The third kappa shape index (κ3) is 3.78. The van der Waals surface area contributed by atoms with Gasteiger partial charge in [0.2, 0.25) is 5.91 Å². The van der Waals surface area contributed by atoms with Gasteiger partial charge >= 0.3 is 0 Å². The molecule has 1 aliphatic heterocycles. The fourth-order valence-electron chi connectivity index (χ4n) is 3.97. The molecule has 0 unspecified atom stereocenters. The van der Waals surface area contributed by atoms with Gasteiger partial charge in [0, 0.05) is 44.2 Å². The van der Waals surface area contributed by atoms with E-state index in [1.165, 1.54) is 35.4 Å². The number of amides is 1. The van der Waals surface area contributed by atoms with E-state index in [0.717, 1.165) is 24.7 Å². The predicted octanol–water partition coefficient (Wildman–Crippen LogP) is 4.32. The number of halogens is 3. The molecule has 0 bridgehead atoms. The summed E-state index contributed by atoms with van der Waals surface area (Å²) in [6.45, 7) is 5.54. The lowest BCUT2D eigenvalue weighted by atomic mass is 10.1. The van der Waals surface area contributed by atoms with Crippen LogP contribution < -0.4 is 0 Å². The predicted molar refractivity (Wildman–Crippen MR) is 105 cm³/mol. The first-order valence-corrected chi connectivity index (χ1v) is 9.96. The fourth-order valence-corrected chi connectivity index (χ4v) is 4.16. The third-order valence-electron chi connectivity index (χ3n) is 5.90. The molecule has 0 spiro atoms. The van der Waals surface area contributed by atoms with Crippen molar-refractivity contribution in [2.45, 2.75) is 25.6 Å². The average molecular weight is 405 g/mol. The lowest BCUT2D eigenvalue weighted by Gasteiger charge is -2.35. The molecule has 0 radical (unpaired) electrons. The SMILES string of the molecule is Cc1ccc(Cl)cc1CN1CCN(C(=O)[C@H]2C[C@@]2(F)c2ccc(F)cc2)CC1. The molecule has 1 amide bonds. The Kier molecular flexibility index (Phi) is 5.15. The summed E-state index contributed by atoms with van der Waals surface area (Å²) in [6, 6.07) is 11.2. The van der Waals surface area contributed by atoms with Crippen molar-refractivity contribution in [2.24, 2.45) is 5.92 Å². The van der Waals surface area contributed by atoms with Gasteiger partial charge in [-0.2, -0.15) is 0 Å². The van der Waals surface area contributed by atoms with Crippen LogP contribution in [0.25, 0.3) is 0 Å². The molecular formula is C22H23ClF2N2O. The van der Waals surface area contributed by atoms with E-state index >= 15 is 4.39 Å². The largest absolute Gasteiger partial charge is 0.340 e. The summed E-state index contributed by atoms with van der Waals surface area (Å²) < 4.78 is 28.2. The van der Waals surface area contributed by atoms with Crippen LogP contribution in [0.5, 0.6) is 0 Å².